The molecule has 0 bridgehead atoms. The summed E-state index contributed by atoms with van der Waals surface area (Å²) in [6.07, 6.45) is 1.84. The van der Waals surface area contributed by atoms with E-state index in [1.54, 1.807) is 11.6 Å². The molecule has 1 aromatic carbocycles. The molecule has 1 N–H and O–H groups in total. The van der Waals surface area contributed by atoms with Crippen LogP contribution in [-0.4, -0.2) is 27.6 Å². The summed E-state index contributed by atoms with van der Waals surface area (Å²) in [5, 5.41) is 8.27. The number of amides is 1. The van der Waals surface area contributed by atoms with Gasteiger partial charge in [0.15, 0.2) is 0 Å². The summed E-state index contributed by atoms with van der Waals surface area (Å²) < 4.78 is 7.05. The van der Waals surface area contributed by atoms with Gasteiger partial charge in [-0.3, -0.25) is 4.79 Å². The Kier molecular flexibility index (Phi) is 2.99. The minimum absolute atomic E-state index is 0.130. The SMILES string of the molecule is COc1ccc2c(c1)/C(=C\c1c(C)nc3sc(C)nn13)C(=O)N2. The van der Waals surface area contributed by atoms with Crippen molar-refractivity contribution in [2.75, 3.05) is 12.4 Å². The van der Waals surface area contributed by atoms with Crippen molar-refractivity contribution in [3.05, 3.63) is 40.2 Å². The smallest absolute Gasteiger partial charge is 0.256 e. The predicted molar refractivity (Wildman–Crippen MR) is 89.8 cm³/mol. The van der Waals surface area contributed by atoms with Gasteiger partial charge in [-0.15, -0.1) is 0 Å². The highest BCUT2D eigenvalue weighted by atomic mass is 32.1. The number of aryl methyl sites for hydroxylation is 2. The van der Waals surface area contributed by atoms with Gasteiger partial charge in [0.1, 0.15) is 10.8 Å². The molecule has 0 saturated heterocycles. The van der Waals surface area contributed by atoms with Crippen LogP contribution < -0.4 is 10.1 Å². The van der Waals surface area contributed by atoms with Crippen LogP contribution in [0.3, 0.4) is 0 Å². The maximum absolute atomic E-state index is 12.3. The number of carbonyl (C=O) groups is 1. The van der Waals surface area contributed by atoms with Crippen molar-refractivity contribution in [2.24, 2.45) is 0 Å². The topological polar surface area (TPSA) is 68.5 Å². The van der Waals surface area contributed by atoms with Gasteiger partial charge < -0.3 is 10.1 Å². The number of imidazole rings is 1. The van der Waals surface area contributed by atoms with Crippen LogP contribution in [0.5, 0.6) is 5.75 Å². The Morgan fingerprint density at radius 3 is 2.96 bits per heavy atom. The third-order valence-corrected chi connectivity index (χ3v) is 4.64. The zero-order valence-corrected chi connectivity index (χ0v) is 13.7. The maximum atomic E-state index is 12.3. The van der Waals surface area contributed by atoms with Crippen molar-refractivity contribution in [1.82, 2.24) is 14.6 Å². The second-order valence-electron chi connectivity index (χ2n) is 5.32. The van der Waals surface area contributed by atoms with Crippen molar-refractivity contribution >= 4 is 39.5 Å². The molecule has 0 saturated carbocycles. The summed E-state index contributed by atoms with van der Waals surface area (Å²) in [5.41, 5.74) is 3.88. The molecule has 0 atom stereocenters. The lowest BCUT2D eigenvalue weighted by Gasteiger charge is -2.03. The van der Waals surface area contributed by atoms with Gasteiger partial charge in [-0.1, -0.05) is 11.3 Å². The monoisotopic (exact) mass is 326 g/mol. The molecule has 23 heavy (non-hydrogen) atoms. The molecular formula is C16H14N4O2S. The van der Waals surface area contributed by atoms with Crippen LogP contribution >= 0.6 is 11.3 Å². The highest BCUT2D eigenvalue weighted by molar-refractivity contribution is 7.16. The number of ether oxygens (including phenoxy) is 1. The Bertz CT molecular complexity index is 984. The van der Waals surface area contributed by atoms with Gasteiger partial charge in [0, 0.05) is 11.3 Å². The standard InChI is InChI=1S/C16H14N4O2S/c1-8-14(20-16(17-8)23-9(2)19-20)7-12-11-6-10(22-3)4-5-13(11)18-15(12)21/h4-7H,1-3H3,(H,18,21)/b12-7+. The lowest BCUT2D eigenvalue weighted by atomic mass is 10.1. The van der Waals surface area contributed by atoms with Crippen molar-refractivity contribution in [1.29, 1.82) is 0 Å². The minimum atomic E-state index is -0.130. The molecular weight excluding hydrogens is 312 g/mol. The highest BCUT2D eigenvalue weighted by Gasteiger charge is 2.25. The number of nitrogens with zero attached hydrogens (tertiary/aromatic N) is 3. The maximum Gasteiger partial charge on any atom is 0.256 e. The Morgan fingerprint density at radius 1 is 1.35 bits per heavy atom. The molecule has 0 aliphatic carbocycles. The molecule has 0 fully saturated rings. The van der Waals surface area contributed by atoms with E-state index in [1.807, 2.05) is 38.1 Å². The first-order chi connectivity index (χ1) is 11.1. The molecule has 2 aromatic heterocycles. The molecule has 0 radical (unpaired) electrons. The Hall–Kier alpha value is -2.67. The number of fused-ring (bicyclic) bond motifs is 2. The average molecular weight is 326 g/mol. The minimum Gasteiger partial charge on any atom is -0.497 e. The number of anilines is 1. The number of benzene rings is 1. The normalized spacial score (nSPS) is 15.3. The first-order valence-corrected chi connectivity index (χ1v) is 7.92. The van der Waals surface area contributed by atoms with E-state index in [0.29, 0.717) is 11.3 Å². The molecule has 1 amide bonds. The zero-order valence-electron chi connectivity index (χ0n) is 12.9. The van der Waals surface area contributed by atoms with Gasteiger partial charge in [-0.05, 0) is 38.1 Å². The molecule has 3 aromatic rings. The predicted octanol–water partition coefficient (Wildman–Crippen LogP) is 2.91. The van der Waals surface area contributed by atoms with Crippen LogP contribution in [-0.2, 0) is 4.79 Å². The Labute approximate surface area is 136 Å². The molecule has 4 rings (SSSR count). The highest BCUT2D eigenvalue weighted by Crippen LogP contribution is 2.36. The quantitative estimate of drug-likeness (QED) is 0.735. The summed E-state index contributed by atoms with van der Waals surface area (Å²) in [6, 6.07) is 5.53. The molecule has 6 nitrogen and oxygen atoms in total. The fourth-order valence-corrected chi connectivity index (χ4v) is 3.50. The molecule has 0 unspecified atom stereocenters. The van der Waals surface area contributed by atoms with E-state index in [0.717, 1.165) is 32.6 Å². The van der Waals surface area contributed by atoms with Gasteiger partial charge in [-0.25, -0.2) is 9.50 Å². The number of carbonyl (C=O) groups excluding carboxylic acids is 1. The van der Waals surface area contributed by atoms with Gasteiger partial charge in [-0.2, -0.15) is 5.10 Å². The van der Waals surface area contributed by atoms with E-state index in [4.69, 9.17) is 4.74 Å². The number of aromatic nitrogens is 3. The van der Waals surface area contributed by atoms with E-state index in [-0.39, 0.29) is 5.91 Å². The zero-order chi connectivity index (χ0) is 16.1. The second kappa shape index (κ2) is 4.92. The third kappa shape index (κ3) is 2.12. The average Bonchev–Trinajstić information content (AvgIpc) is 3.11. The molecule has 3 heterocycles. The van der Waals surface area contributed by atoms with Crippen LogP contribution in [0.4, 0.5) is 5.69 Å². The number of hydrogen-bond donors (Lipinski definition) is 1. The third-order valence-electron chi connectivity index (χ3n) is 3.81. The summed E-state index contributed by atoms with van der Waals surface area (Å²) in [4.78, 5) is 17.7. The summed E-state index contributed by atoms with van der Waals surface area (Å²) in [6.45, 7) is 3.86. The van der Waals surface area contributed by atoms with E-state index in [2.05, 4.69) is 15.4 Å². The van der Waals surface area contributed by atoms with Crippen LogP contribution in [0.15, 0.2) is 18.2 Å². The van der Waals surface area contributed by atoms with Crippen molar-refractivity contribution in [3.63, 3.8) is 0 Å². The van der Waals surface area contributed by atoms with Gasteiger partial charge in [0.25, 0.3) is 5.91 Å². The number of methoxy groups -OCH3 is 1. The van der Waals surface area contributed by atoms with Gasteiger partial charge in [0.05, 0.1) is 24.1 Å². The van der Waals surface area contributed by atoms with Crippen molar-refractivity contribution in [2.45, 2.75) is 13.8 Å². The van der Waals surface area contributed by atoms with E-state index in [1.165, 1.54) is 11.3 Å². The summed E-state index contributed by atoms with van der Waals surface area (Å²) >= 11 is 1.53. The molecule has 1 aliphatic rings. The van der Waals surface area contributed by atoms with Crippen LogP contribution in [0.2, 0.25) is 0 Å². The van der Waals surface area contributed by atoms with Crippen LogP contribution in [0, 0.1) is 13.8 Å². The largest absolute Gasteiger partial charge is 0.497 e. The van der Waals surface area contributed by atoms with Crippen LogP contribution in [0.25, 0.3) is 16.6 Å². The van der Waals surface area contributed by atoms with Crippen molar-refractivity contribution < 1.29 is 9.53 Å². The first kappa shape index (κ1) is 14.0. The fraction of sp³-hybridized carbons (Fsp3) is 0.188. The fourth-order valence-electron chi connectivity index (χ4n) is 2.70. The number of rotatable bonds is 2. The number of nitrogens with one attached hydrogen (secondary N) is 1. The molecule has 7 heteroatoms. The second-order valence-corrected chi connectivity index (χ2v) is 6.48. The Morgan fingerprint density at radius 2 is 2.17 bits per heavy atom. The van der Waals surface area contributed by atoms with Crippen molar-refractivity contribution in [3.8, 4) is 5.75 Å². The lowest BCUT2D eigenvalue weighted by molar-refractivity contribution is -0.110. The van der Waals surface area contributed by atoms with E-state index >= 15 is 0 Å². The van der Waals surface area contributed by atoms with Gasteiger partial charge in [0.2, 0.25) is 4.96 Å². The van der Waals surface area contributed by atoms with E-state index in [9.17, 15) is 4.79 Å². The lowest BCUT2D eigenvalue weighted by Crippen LogP contribution is -2.04. The summed E-state index contributed by atoms with van der Waals surface area (Å²) in [7, 11) is 1.61. The summed E-state index contributed by atoms with van der Waals surface area (Å²) in [5.74, 6) is 0.584. The molecule has 116 valence electrons. The van der Waals surface area contributed by atoms with Gasteiger partial charge >= 0.3 is 0 Å². The van der Waals surface area contributed by atoms with Crippen LogP contribution in [0.1, 0.15) is 22.0 Å². The Balaban J connectivity index is 1.91. The number of hydrogen-bond acceptors (Lipinski definition) is 5. The molecule has 1 aliphatic heterocycles. The first-order valence-electron chi connectivity index (χ1n) is 7.11. The molecule has 0 spiro atoms. The van der Waals surface area contributed by atoms with E-state index < -0.39 is 0 Å².